The molecular weight excluding hydrogens is 356 g/mol. The van der Waals surface area contributed by atoms with Crippen LogP contribution in [0.4, 0.5) is 0 Å². The Morgan fingerprint density at radius 1 is 1.42 bits per heavy atom. The van der Waals surface area contributed by atoms with Crippen LogP contribution in [-0.4, -0.2) is 64.8 Å². The van der Waals surface area contributed by atoms with Crippen LogP contribution < -0.4 is 10.1 Å². The van der Waals surface area contributed by atoms with Crippen LogP contribution in [0.1, 0.15) is 10.4 Å². The van der Waals surface area contributed by atoms with Gasteiger partial charge in [0, 0.05) is 25.0 Å². The molecule has 134 valence electrons. The number of amides is 1. The van der Waals surface area contributed by atoms with Crippen molar-refractivity contribution in [3.63, 3.8) is 0 Å². The first-order valence-corrected chi connectivity index (χ1v) is 9.35. The Labute approximate surface area is 146 Å². The molecule has 1 fully saturated rings. The van der Waals surface area contributed by atoms with E-state index in [1.165, 1.54) is 31.6 Å². The Morgan fingerprint density at radius 2 is 2.12 bits per heavy atom. The molecule has 7 nitrogen and oxygen atoms in total. The minimum atomic E-state index is -3.38. The number of ether oxygens (including phenoxy) is 2. The summed E-state index contributed by atoms with van der Waals surface area (Å²) in [6.07, 6.45) is 0. The van der Waals surface area contributed by atoms with Crippen LogP contribution in [0.25, 0.3) is 0 Å². The molecular formula is C15H21ClN2O5S. The molecule has 0 spiro atoms. The molecule has 2 rings (SSSR count). The number of methoxy groups -OCH3 is 1. The molecule has 1 heterocycles. The Balaban J connectivity index is 2.12. The van der Waals surface area contributed by atoms with Gasteiger partial charge in [-0.2, -0.15) is 0 Å². The SMILES string of the molecule is COc1ccc(Cl)cc1C(=O)N[C@H]1COC[C@H]1CS(=O)(=O)N(C)C. The van der Waals surface area contributed by atoms with E-state index < -0.39 is 16.1 Å². The predicted molar refractivity (Wildman–Crippen MR) is 91.0 cm³/mol. The van der Waals surface area contributed by atoms with Crippen LogP contribution in [0.2, 0.25) is 5.02 Å². The second-order valence-corrected chi connectivity index (χ2v) is 8.45. The fourth-order valence-electron chi connectivity index (χ4n) is 2.45. The van der Waals surface area contributed by atoms with E-state index in [9.17, 15) is 13.2 Å². The molecule has 1 N–H and O–H groups in total. The summed E-state index contributed by atoms with van der Waals surface area (Å²) < 4.78 is 35.8. The van der Waals surface area contributed by atoms with Crippen LogP contribution in [-0.2, 0) is 14.8 Å². The lowest BCUT2D eigenvalue weighted by Gasteiger charge is -2.21. The number of hydrogen-bond acceptors (Lipinski definition) is 5. The molecule has 0 aliphatic carbocycles. The van der Waals surface area contributed by atoms with E-state index in [0.717, 1.165) is 0 Å². The van der Waals surface area contributed by atoms with Gasteiger partial charge in [0.1, 0.15) is 5.75 Å². The van der Waals surface area contributed by atoms with Crippen molar-refractivity contribution < 1.29 is 22.7 Å². The third kappa shape index (κ3) is 4.38. The van der Waals surface area contributed by atoms with Gasteiger partial charge in [-0.05, 0) is 18.2 Å². The van der Waals surface area contributed by atoms with Crippen molar-refractivity contribution in [3.05, 3.63) is 28.8 Å². The van der Waals surface area contributed by atoms with Crippen LogP contribution in [0.3, 0.4) is 0 Å². The predicted octanol–water partition coefficient (Wildman–Crippen LogP) is 0.985. The molecule has 1 amide bonds. The highest BCUT2D eigenvalue weighted by molar-refractivity contribution is 7.89. The first kappa shape index (κ1) is 19.0. The minimum Gasteiger partial charge on any atom is -0.496 e. The van der Waals surface area contributed by atoms with Gasteiger partial charge >= 0.3 is 0 Å². The van der Waals surface area contributed by atoms with Crippen molar-refractivity contribution in [2.24, 2.45) is 5.92 Å². The van der Waals surface area contributed by atoms with Gasteiger partial charge in [-0.1, -0.05) is 11.6 Å². The first-order valence-electron chi connectivity index (χ1n) is 7.37. The first-order chi connectivity index (χ1) is 11.2. The van der Waals surface area contributed by atoms with Gasteiger partial charge in [-0.15, -0.1) is 0 Å². The highest BCUT2D eigenvalue weighted by Gasteiger charge is 2.34. The van der Waals surface area contributed by atoms with E-state index in [4.69, 9.17) is 21.1 Å². The molecule has 1 saturated heterocycles. The second kappa shape index (κ2) is 7.69. The maximum Gasteiger partial charge on any atom is 0.255 e. The topological polar surface area (TPSA) is 84.9 Å². The fraction of sp³-hybridized carbons (Fsp3) is 0.533. The van der Waals surface area contributed by atoms with Gasteiger partial charge in [0.2, 0.25) is 10.0 Å². The van der Waals surface area contributed by atoms with Gasteiger partial charge in [-0.25, -0.2) is 12.7 Å². The molecule has 1 aromatic rings. The fourth-order valence-corrected chi connectivity index (χ4v) is 3.79. The number of rotatable bonds is 6. The number of carbonyl (C=O) groups excluding carboxylic acids is 1. The van der Waals surface area contributed by atoms with Gasteiger partial charge in [0.25, 0.3) is 5.91 Å². The zero-order valence-corrected chi connectivity index (χ0v) is 15.4. The van der Waals surface area contributed by atoms with Gasteiger partial charge in [0.15, 0.2) is 0 Å². The minimum absolute atomic E-state index is 0.0857. The van der Waals surface area contributed by atoms with Crippen molar-refractivity contribution in [1.29, 1.82) is 0 Å². The van der Waals surface area contributed by atoms with Crippen LogP contribution in [0.5, 0.6) is 5.75 Å². The lowest BCUT2D eigenvalue weighted by molar-refractivity contribution is 0.0923. The van der Waals surface area contributed by atoms with E-state index >= 15 is 0 Å². The summed E-state index contributed by atoms with van der Waals surface area (Å²) in [6.45, 7) is 0.549. The highest BCUT2D eigenvalue weighted by Crippen LogP contribution is 2.24. The van der Waals surface area contributed by atoms with Gasteiger partial charge < -0.3 is 14.8 Å². The summed E-state index contributed by atoms with van der Waals surface area (Å²) in [7, 11) is 1.05. The van der Waals surface area contributed by atoms with Crippen molar-refractivity contribution >= 4 is 27.5 Å². The van der Waals surface area contributed by atoms with Gasteiger partial charge in [-0.3, -0.25) is 4.79 Å². The summed E-state index contributed by atoms with van der Waals surface area (Å²) in [5.74, 6) is -0.380. The average Bonchev–Trinajstić information content (AvgIpc) is 2.93. The monoisotopic (exact) mass is 376 g/mol. The highest BCUT2D eigenvalue weighted by atomic mass is 35.5. The smallest absolute Gasteiger partial charge is 0.255 e. The number of hydrogen-bond donors (Lipinski definition) is 1. The molecule has 0 aromatic heterocycles. The lowest BCUT2D eigenvalue weighted by atomic mass is 10.1. The molecule has 0 saturated carbocycles. The molecule has 0 radical (unpaired) electrons. The molecule has 1 aromatic carbocycles. The number of nitrogens with zero attached hydrogens (tertiary/aromatic N) is 1. The number of carbonyl (C=O) groups is 1. The summed E-state index contributed by atoms with van der Waals surface area (Å²) in [5.41, 5.74) is 0.297. The third-order valence-corrected chi connectivity index (χ3v) is 6.10. The maximum atomic E-state index is 12.5. The standard InChI is InChI=1S/C15H21ClN2O5S/c1-18(2)24(20,21)9-10-7-23-8-13(10)17-15(19)12-6-11(16)4-5-14(12)22-3/h4-6,10,13H,7-9H2,1-3H3,(H,17,19)/t10-,13-/m0/s1. The van der Waals surface area contributed by atoms with Crippen molar-refractivity contribution in [3.8, 4) is 5.75 Å². The Bertz CT molecular complexity index is 708. The quantitative estimate of drug-likeness (QED) is 0.800. The Morgan fingerprint density at radius 3 is 2.75 bits per heavy atom. The van der Waals surface area contributed by atoms with Crippen molar-refractivity contribution in [1.82, 2.24) is 9.62 Å². The summed E-state index contributed by atoms with van der Waals surface area (Å²) in [6, 6.07) is 4.35. The molecule has 1 aliphatic heterocycles. The zero-order chi connectivity index (χ0) is 17.9. The number of halogens is 1. The number of nitrogens with one attached hydrogen (secondary N) is 1. The van der Waals surface area contributed by atoms with Gasteiger partial charge in [0.05, 0.1) is 37.7 Å². The normalized spacial score (nSPS) is 21.0. The van der Waals surface area contributed by atoms with E-state index in [1.807, 2.05) is 0 Å². The summed E-state index contributed by atoms with van der Waals surface area (Å²) >= 11 is 5.94. The molecule has 9 heteroatoms. The van der Waals surface area contributed by atoms with E-state index in [-0.39, 0.29) is 30.8 Å². The Kier molecular flexibility index (Phi) is 6.08. The molecule has 1 aliphatic rings. The largest absolute Gasteiger partial charge is 0.496 e. The molecule has 0 bridgehead atoms. The summed E-state index contributed by atoms with van der Waals surface area (Å²) in [5, 5.41) is 3.24. The Hall–Kier alpha value is -1.35. The zero-order valence-electron chi connectivity index (χ0n) is 13.8. The molecule has 24 heavy (non-hydrogen) atoms. The average molecular weight is 377 g/mol. The number of benzene rings is 1. The van der Waals surface area contributed by atoms with Crippen molar-refractivity contribution in [2.75, 3.05) is 40.2 Å². The summed E-state index contributed by atoms with van der Waals surface area (Å²) in [4.78, 5) is 12.5. The lowest BCUT2D eigenvalue weighted by Crippen LogP contribution is -2.43. The van der Waals surface area contributed by atoms with E-state index in [2.05, 4.69) is 5.32 Å². The number of sulfonamides is 1. The van der Waals surface area contributed by atoms with E-state index in [0.29, 0.717) is 16.3 Å². The van der Waals surface area contributed by atoms with Crippen LogP contribution in [0, 0.1) is 5.92 Å². The van der Waals surface area contributed by atoms with Crippen molar-refractivity contribution in [2.45, 2.75) is 6.04 Å². The van der Waals surface area contributed by atoms with Crippen LogP contribution >= 0.6 is 11.6 Å². The third-order valence-electron chi connectivity index (χ3n) is 3.90. The molecule has 0 unspecified atom stereocenters. The van der Waals surface area contributed by atoms with E-state index in [1.54, 1.807) is 12.1 Å². The van der Waals surface area contributed by atoms with Crippen LogP contribution in [0.15, 0.2) is 18.2 Å². The second-order valence-electron chi connectivity index (χ2n) is 5.78. The maximum absolute atomic E-state index is 12.5. The molecule has 2 atom stereocenters.